The van der Waals surface area contributed by atoms with Crippen LogP contribution in [0.4, 0.5) is 5.13 Å². The highest BCUT2D eigenvalue weighted by molar-refractivity contribution is 7.15. The van der Waals surface area contributed by atoms with Crippen molar-refractivity contribution in [3.8, 4) is 5.75 Å². The molecule has 168 valence electrons. The second-order valence-electron chi connectivity index (χ2n) is 8.42. The van der Waals surface area contributed by atoms with Gasteiger partial charge in [-0.05, 0) is 49.4 Å². The lowest BCUT2D eigenvalue weighted by molar-refractivity contribution is -0.132. The fourth-order valence-electron chi connectivity index (χ4n) is 3.53. The third-order valence-corrected chi connectivity index (χ3v) is 6.73. The molecule has 0 unspecified atom stereocenters. The number of hydrogen-bond acceptors (Lipinski definition) is 5. The number of amides is 2. The van der Waals surface area contributed by atoms with Crippen LogP contribution < -0.4 is 10.1 Å². The highest BCUT2D eigenvalue weighted by Crippen LogP contribution is 2.29. The number of nitrogens with one attached hydrogen (secondary N) is 1. The number of aryl methyl sites for hydroxylation is 2. The number of ether oxygens (including phenoxy) is 1. The van der Waals surface area contributed by atoms with Crippen LogP contribution in [-0.2, 0) is 22.6 Å². The van der Waals surface area contributed by atoms with Gasteiger partial charge in [-0.15, -0.1) is 0 Å². The van der Waals surface area contributed by atoms with Crippen molar-refractivity contribution < 1.29 is 14.3 Å². The number of carbonyl (C=O) groups excluding carboxylic acids is 2. The van der Waals surface area contributed by atoms with Gasteiger partial charge in [-0.1, -0.05) is 36.8 Å². The van der Waals surface area contributed by atoms with Crippen molar-refractivity contribution in [3.63, 3.8) is 0 Å². The van der Waals surface area contributed by atoms with Crippen molar-refractivity contribution in [2.75, 3.05) is 18.5 Å². The fraction of sp³-hybridized carbons (Fsp3) is 0.522. The maximum absolute atomic E-state index is 12.3. The number of anilines is 1. The van der Waals surface area contributed by atoms with E-state index in [1.807, 2.05) is 30.9 Å². The van der Waals surface area contributed by atoms with Crippen molar-refractivity contribution in [2.45, 2.75) is 59.9 Å². The van der Waals surface area contributed by atoms with Gasteiger partial charge in [0.05, 0.1) is 18.8 Å². The van der Waals surface area contributed by atoms with Gasteiger partial charge in [0.2, 0.25) is 11.8 Å². The van der Waals surface area contributed by atoms with Crippen molar-refractivity contribution in [3.05, 3.63) is 38.9 Å². The van der Waals surface area contributed by atoms with E-state index < -0.39 is 0 Å². The molecular weight excluding hydrogens is 434 g/mol. The highest BCUT2D eigenvalue weighted by atomic mass is 35.5. The molecule has 8 heteroatoms. The number of rotatable bonds is 8. The Morgan fingerprint density at radius 3 is 2.68 bits per heavy atom. The molecule has 1 aromatic carbocycles. The maximum Gasteiger partial charge on any atom is 0.226 e. The number of carbonyl (C=O) groups is 2. The first-order valence-corrected chi connectivity index (χ1v) is 11.9. The summed E-state index contributed by atoms with van der Waals surface area (Å²) >= 11 is 7.64. The summed E-state index contributed by atoms with van der Waals surface area (Å²) in [6.45, 7) is 9.73. The number of aromatic nitrogens is 1. The Labute approximate surface area is 193 Å². The summed E-state index contributed by atoms with van der Waals surface area (Å²) < 4.78 is 5.76. The topological polar surface area (TPSA) is 71.5 Å². The van der Waals surface area contributed by atoms with Crippen LogP contribution in [0.1, 0.15) is 54.8 Å². The summed E-state index contributed by atoms with van der Waals surface area (Å²) in [5.41, 5.74) is 2.95. The molecule has 1 N–H and O–H groups in total. The average Bonchev–Trinajstić information content (AvgIpc) is 3.10. The minimum atomic E-state index is -0.0779. The Morgan fingerprint density at radius 2 is 2.00 bits per heavy atom. The van der Waals surface area contributed by atoms with Gasteiger partial charge in [0.25, 0.3) is 0 Å². The smallest absolute Gasteiger partial charge is 0.226 e. The number of fused-ring (bicyclic) bond motifs is 1. The van der Waals surface area contributed by atoms with E-state index in [0.29, 0.717) is 50.0 Å². The van der Waals surface area contributed by atoms with Crippen molar-refractivity contribution in [2.24, 2.45) is 5.92 Å². The van der Waals surface area contributed by atoms with Crippen molar-refractivity contribution in [1.82, 2.24) is 9.88 Å². The molecule has 0 atom stereocenters. The number of benzene rings is 1. The Balaban J connectivity index is 1.44. The highest BCUT2D eigenvalue weighted by Gasteiger charge is 2.24. The number of hydrogen-bond donors (Lipinski definition) is 1. The molecule has 3 rings (SSSR count). The molecule has 1 aliphatic rings. The molecule has 0 saturated carbocycles. The van der Waals surface area contributed by atoms with Crippen LogP contribution in [0, 0.1) is 19.8 Å². The van der Waals surface area contributed by atoms with Gasteiger partial charge in [-0.25, -0.2) is 4.98 Å². The Kier molecular flexibility index (Phi) is 7.94. The summed E-state index contributed by atoms with van der Waals surface area (Å²) in [4.78, 5) is 32.1. The predicted octanol–water partition coefficient (Wildman–Crippen LogP) is 5.14. The first-order chi connectivity index (χ1) is 14.7. The lowest BCUT2D eigenvalue weighted by Crippen LogP contribution is -2.36. The lowest BCUT2D eigenvalue weighted by atomic mass is 10.1. The second-order valence-corrected chi connectivity index (χ2v) is 9.88. The van der Waals surface area contributed by atoms with Gasteiger partial charge in [-0.2, -0.15) is 0 Å². The van der Waals surface area contributed by atoms with Crippen LogP contribution in [0.3, 0.4) is 0 Å². The molecule has 31 heavy (non-hydrogen) atoms. The normalized spacial score (nSPS) is 13.3. The van der Waals surface area contributed by atoms with Gasteiger partial charge < -0.3 is 15.0 Å². The van der Waals surface area contributed by atoms with Gasteiger partial charge >= 0.3 is 0 Å². The molecule has 0 bridgehead atoms. The Morgan fingerprint density at radius 1 is 1.29 bits per heavy atom. The van der Waals surface area contributed by atoms with Gasteiger partial charge in [0.1, 0.15) is 5.75 Å². The SMILES string of the molecule is Cc1cc(OCCCC(=O)Nc2nc3c(s2)CN(C(=O)CC(C)C)CC3)cc(C)c1Cl. The Bertz CT molecular complexity index is 935. The summed E-state index contributed by atoms with van der Waals surface area (Å²) in [6.07, 6.45) is 2.26. The molecule has 2 aromatic rings. The molecule has 0 spiro atoms. The van der Waals surface area contributed by atoms with E-state index in [0.717, 1.165) is 38.9 Å². The molecule has 6 nitrogen and oxygen atoms in total. The molecule has 0 radical (unpaired) electrons. The van der Waals surface area contributed by atoms with Gasteiger partial charge in [-0.3, -0.25) is 9.59 Å². The quantitative estimate of drug-likeness (QED) is 0.550. The molecule has 0 aliphatic carbocycles. The minimum absolute atomic E-state index is 0.0779. The second kappa shape index (κ2) is 10.5. The van der Waals surface area contributed by atoms with Crippen LogP contribution in [-0.4, -0.2) is 34.8 Å². The van der Waals surface area contributed by atoms with E-state index in [4.69, 9.17) is 16.3 Å². The van der Waals surface area contributed by atoms with Crippen LogP contribution in [0.5, 0.6) is 5.75 Å². The summed E-state index contributed by atoms with van der Waals surface area (Å²) in [5.74, 6) is 1.22. The zero-order chi connectivity index (χ0) is 22.5. The molecular formula is C23H30ClN3O3S. The zero-order valence-corrected chi connectivity index (χ0v) is 20.2. The van der Waals surface area contributed by atoms with E-state index in [-0.39, 0.29) is 11.8 Å². The van der Waals surface area contributed by atoms with Crippen LogP contribution in [0.2, 0.25) is 5.02 Å². The fourth-order valence-corrected chi connectivity index (χ4v) is 4.68. The molecule has 1 aliphatic heterocycles. The van der Waals surface area contributed by atoms with Gasteiger partial charge in [0.15, 0.2) is 5.13 Å². The maximum atomic E-state index is 12.3. The summed E-state index contributed by atoms with van der Waals surface area (Å²) in [5, 5.41) is 4.26. The predicted molar refractivity (Wildman–Crippen MR) is 125 cm³/mol. The van der Waals surface area contributed by atoms with E-state index in [9.17, 15) is 9.59 Å². The standard InChI is InChI=1S/C23H30ClN3O3S/c1-14(2)10-21(29)27-8-7-18-19(13-27)31-23(25-18)26-20(28)6-5-9-30-17-11-15(3)22(24)16(4)12-17/h11-12,14H,5-10,13H2,1-4H3,(H,25,26,28). The lowest BCUT2D eigenvalue weighted by Gasteiger charge is -2.26. The Hall–Kier alpha value is -2.12. The van der Waals surface area contributed by atoms with Crippen LogP contribution >= 0.6 is 22.9 Å². The zero-order valence-electron chi connectivity index (χ0n) is 18.6. The average molecular weight is 464 g/mol. The van der Waals surface area contributed by atoms with E-state index in [2.05, 4.69) is 24.1 Å². The molecule has 0 saturated heterocycles. The number of nitrogens with zero attached hydrogens (tertiary/aromatic N) is 2. The number of halogens is 1. The van der Waals surface area contributed by atoms with Gasteiger partial charge in [0, 0.05) is 35.7 Å². The molecule has 1 aromatic heterocycles. The van der Waals surface area contributed by atoms with E-state index >= 15 is 0 Å². The van der Waals surface area contributed by atoms with E-state index in [1.165, 1.54) is 11.3 Å². The monoisotopic (exact) mass is 463 g/mol. The molecule has 2 heterocycles. The third-order valence-electron chi connectivity index (χ3n) is 5.14. The summed E-state index contributed by atoms with van der Waals surface area (Å²) in [6, 6.07) is 3.81. The van der Waals surface area contributed by atoms with Crippen molar-refractivity contribution >= 4 is 39.9 Å². The minimum Gasteiger partial charge on any atom is -0.494 e. The van der Waals surface area contributed by atoms with Crippen LogP contribution in [0.25, 0.3) is 0 Å². The number of thiazole rings is 1. The molecule has 2 amide bonds. The third kappa shape index (κ3) is 6.43. The largest absolute Gasteiger partial charge is 0.494 e. The van der Waals surface area contributed by atoms with E-state index in [1.54, 1.807) is 0 Å². The molecule has 0 fully saturated rings. The summed E-state index contributed by atoms with van der Waals surface area (Å²) in [7, 11) is 0. The van der Waals surface area contributed by atoms with Crippen LogP contribution in [0.15, 0.2) is 12.1 Å². The first-order valence-electron chi connectivity index (χ1n) is 10.7. The first kappa shape index (κ1) is 23.5. The van der Waals surface area contributed by atoms with Crippen molar-refractivity contribution in [1.29, 1.82) is 0 Å².